The van der Waals surface area contributed by atoms with Crippen LogP contribution in [0.4, 0.5) is 0 Å². The minimum Gasteiger partial charge on any atom is -0.478 e. The predicted octanol–water partition coefficient (Wildman–Crippen LogP) is 3.86. The summed E-state index contributed by atoms with van der Waals surface area (Å²) in [6.45, 7) is 0.592. The normalized spacial score (nSPS) is 15.1. The van der Waals surface area contributed by atoms with Crippen LogP contribution in [0.25, 0.3) is 22.6 Å². The molecule has 1 N–H and O–H groups in total. The largest absolute Gasteiger partial charge is 0.478 e. The molecule has 3 heterocycles. The molecule has 0 fully saturated rings. The van der Waals surface area contributed by atoms with Crippen LogP contribution in [0, 0.1) is 0 Å². The molecule has 0 saturated carbocycles. The number of allylic oxidation sites excluding steroid dienone is 1. The number of nitrogens with zero attached hydrogens (tertiary/aromatic N) is 2. The molecule has 0 bridgehead atoms. The zero-order valence-electron chi connectivity index (χ0n) is 12.3. The lowest BCUT2D eigenvalue weighted by molar-refractivity contribution is 0.0697. The number of thiophene rings is 1. The Balaban J connectivity index is 1.91. The number of carbonyl (C=O) groups is 1. The Kier molecular flexibility index (Phi) is 3.62. The standard InChI is InChI=1S/C17H11BrN2O3S/c18-14-6-9(8-24-14)5-10-3-4-20-15(10)19-13-7-11(17(22)23)1-2-12(13)16(20)21/h1-2,5-8H,3-4H2,(H,22,23)/b10-5-. The van der Waals surface area contributed by atoms with Crippen molar-refractivity contribution in [2.75, 3.05) is 0 Å². The fourth-order valence-electron chi connectivity index (χ4n) is 2.89. The van der Waals surface area contributed by atoms with E-state index in [1.54, 1.807) is 22.0 Å². The number of hydrogen-bond donors (Lipinski definition) is 1. The van der Waals surface area contributed by atoms with Gasteiger partial charge in [0.1, 0.15) is 5.82 Å². The van der Waals surface area contributed by atoms with Crippen LogP contribution in [0.15, 0.2) is 38.2 Å². The van der Waals surface area contributed by atoms with Crippen LogP contribution in [0.3, 0.4) is 0 Å². The lowest BCUT2D eigenvalue weighted by Gasteiger charge is -2.06. The Morgan fingerprint density at radius 3 is 2.92 bits per heavy atom. The van der Waals surface area contributed by atoms with Crippen molar-refractivity contribution in [2.45, 2.75) is 13.0 Å². The van der Waals surface area contributed by atoms with Crippen molar-refractivity contribution >= 4 is 55.8 Å². The molecule has 3 aromatic rings. The van der Waals surface area contributed by atoms with E-state index in [0.717, 1.165) is 21.3 Å². The summed E-state index contributed by atoms with van der Waals surface area (Å²) in [4.78, 5) is 28.4. The highest BCUT2D eigenvalue weighted by atomic mass is 79.9. The molecule has 24 heavy (non-hydrogen) atoms. The Hall–Kier alpha value is -2.25. The summed E-state index contributed by atoms with van der Waals surface area (Å²) in [6.07, 6.45) is 2.76. The number of aromatic nitrogens is 2. The smallest absolute Gasteiger partial charge is 0.335 e. The molecule has 1 aromatic carbocycles. The molecule has 120 valence electrons. The Morgan fingerprint density at radius 2 is 2.21 bits per heavy atom. The molecule has 5 nitrogen and oxygen atoms in total. The zero-order chi connectivity index (χ0) is 16.8. The Bertz CT molecular complexity index is 1080. The summed E-state index contributed by atoms with van der Waals surface area (Å²) in [5, 5.41) is 11.6. The topological polar surface area (TPSA) is 72.2 Å². The summed E-state index contributed by atoms with van der Waals surface area (Å²) in [5.41, 5.74) is 2.47. The number of rotatable bonds is 2. The van der Waals surface area contributed by atoms with E-state index in [0.29, 0.717) is 23.3 Å². The Labute approximate surface area is 149 Å². The van der Waals surface area contributed by atoms with Gasteiger partial charge in [0.25, 0.3) is 5.56 Å². The number of halogens is 1. The van der Waals surface area contributed by atoms with Crippen LogP contribution in [-0.2, 0) is 6.54 Å². The van der Waals surface area contributed by atoms with Gasteiger partial charge in [0.15, 0.2) is 0 Å². The van der Waals surface area contributed by atoms with E-state index < -0.39 is 5.97 Å². The first-order valence-electron chi connectivity index (χ1n) is 7.26. The number of hydrogen-bond acceptors (Lipinski definition) is 4. The molecule has 1 aliphatic heterocycles. The highest BCUT2D eigenvalue weighted by Crippen LogP contribution is 2.30. The number of aromatic carboxylic acids is 1. The van der Waals surface area contributed by atoms with Gasteiger partial charge in [0, 0.05) is 6.54 Å². The molecular weight excluding hydrogens is 392 g/mol. The fraction of sp³-hybridized carbons (Fsp3) is 0.118. The van der Waals surface area contributed by atoms with Crippen LogP contribution in [-0.4, -0.2) is 20.6 Å². The van der Waals surface area contributed by atoms with Crippen molar-refractivity contribution in [3.8, 4) is 0 Å². The minimum atomic E-state index is -1.03. The maximum atomic E-state index is 12.6. The van der Waals surface area contributed by atoms with Crippen LogP contribution >= 0.6 is 27.3 Å². The van der Waals surface area contributed by atoms with Crippen molar-refractivity contribution in [1.29, 1.82) is 0 Å². The van der Waals surface area contributed by atoms with Crippen molar-refractivity contribution in [1.82, 2.24) is 9.55 Å². The summed E-state index contributed by atoms with van der Waals surface area (Å²) in [6, 6.07) is 6.45. The number of carboxylic acid groups (broad SMARTS) is 1. The van der Waals surface area contributed by atoms with E-state index in [2.05, 4.69) is 20.9 Å². The van der Waals surface area contributed by atoms with Gasteiger partial charge in [-0.3, -0.25) is 9.36 Å². The molecule has 1 aliphatic rings. The van der Waals surface area contributed by atoms with Crippen molar-refractivity contribution in [3.05, 3.63) is 60.7 Å². The average molecular weight is 403 g/mol. The van der Waals surface area contributed by atoms with Gasteiger partial charge in [0.05, 0.1) is 20.3 Å². The summed E-state index contributed by atoms with van der Waals surface area (Å²) < 4.78 is 2.71. The van der Waals surface area contributed by atoms with Gasteiger partial charge in [-0.2, -0.15) is 0 Å². The highest BCUT2D eigenvalue weighted by Gasteiger charge is 2.21. The maximum Gasteiger partial charge on any atom is 0.335 e. The van der Waals surface area contributed by atoms with Gasteiger partial charge in [-0.15, -0.1) is 11.3 Å². The predicted molar refractivity (Wildman–Crippen MR) is 97.5 cm³/mol. The van der Waals surface area contributed by atoms with E-state index in [9.17, 15) is 9.59 Å². The van der Waals surface area contributed by atoms with Gasteiger partial charge in [0.2, 0.25) is 0 Å². The summed E-state index contributed by atoms with van der Waals surface area (Å²) >= 11 is 5.04. The molecule has 4 rings (SSSR count). The first-order chi connectivity index (χ1) is 11.5. The van der Waals surface area contributed by atoms with E-state index in [-0.39, 0.29) is 11.1 Å². The second-order valence-corrected chi connectivity index (χ2v) is 7.82. The van der Waals surface area contributed by atoms with Gasteiger partial charge in [-0.25, -0.2) is 9.78 Å². The zero-order valence-corrected chi connectivity index (χ0v) is 14.7. The molecule has 0 atom stereocenters. The third-order valence-electron chi connectivity index (χ3n) is 4.02. The van der Waals surface area contributed by atoms with Crippen molar-refractivity contribution < 1.29 is 9.90 Å². The fourth-order valence-corrected chi connectivity index (χ4v) is 4.02. The third kappa shape index (κ3) is 2.50. The minimum absolute atomic E-state index is 0.123. The van der Waals surface area contributed by atoms with Gasteiger partial charge in [-0.05, 0) is 69.2 Å². The second kappa shape index (κ2) is 5.68. The summed E-state index contributed by atoms with van der Waals surface area (Å²) in [5.74, 6) is -0.407. The molecule has 0 unspecified atom stereocenters. The van der Waals surface area contributed by atoms with E-state index in [1.807, 2.05) is 17.5 Å². The molecule has 2 aromatic heterocycles. The van der Waals surface area contributed by atoms with E-state index >= 15 is 0 Å². The monoisotopic (exact) mass is 402 g/mol. The van der Waals surface area contributed by atoms with E-state index in [1.165, 1.54) is 12.1 Å². The summed E-state index contributed by atoms with van der Waals surface area (Å²) in [7, 11) is 0. The molecule has 0 spiro atoms. The van der Waals surface area contributed by atoms with Crippen LogP contribution in [0.5, 0.6) is 0 Å². The number of fused-ring (bicyclic) bond motifs is 2. The first-order valence-corrected chi connectivity index (χ1v) is 8.93. The maximum absolute atomic E-state index is 12.6. The Morgan fingerprint density at radius 1 is 1.38 bits per heavy atom. The van der Waals surface area contributed by atoms with E-state index in [4.69, 9.17) is 5.11 Å². The second-order valence-electron chi connectivity index (χ2n) is 5.53. The molecule has 0 amide bonds. The molecule has 7 heteroatoms. The number of carboxylic acids is 1. The molecule has 0 aliphatic carbocycles. The SMILES string of the molecule is O=C(O)c1ccc2c(=O)n3c(nc2c1)/C(=C\c1csc(Br)c1)CC3. The quantitative estimate of drug-likeness (QED) is 0.705. The van der Waals surface area contributed by atoms with Gasteiger partial charge >= 0.3 is 5.97 Å². The molecule has 0 radical (unpaired) electrons. The lowest BCUT2D eigenvalue weighted by Crippen LogP contribution is -2.20. The van der Waals surface area contributed by atoms with Gasteiger partial charge in [-0.1, -0.05) is 0 Å². The average Bonchev–Trinajstić information content (AvgIpc) is 3.14. The van der Waals surface area contributed by atoms with Crippen LogP contribution < -0.4 is 5.56 Å². The van der Waals surface area contributed by atoms with Crippen molar-refractivity contribution in [3.63, 3.8) is 0 Å². The lowest BCUT2D eigenvalue weighted by atomic mass is 10.1. The van der Waals surface area contributed by atoms with Crippen LogP contribution in [0.2, 0.25) is 0 Å². The van der Waals surface area contributed by atoms with Gasteiger partial charge < -0.3 is 5.11 Å². The highest BCUT2D eigenvalue weighted by molar-refractivity contribution is 9.11. The first kappa shape index (κ1) is 15.3. The van der Waals surface area contributed by atoms with Crippen molar-refractivity contribution in [2.24, 2.45) is 0 Å². The van der Waals surface area contributed by atoms with Crippen LogP contribution in [0.1, 0.15) is 28.2 Å². The molecular formula is C17H11BrN2O3S. The number of benzene rings is 1. The third-order valence-corrected chi connectivity index (χ3v) is 5.55. The molecule has 0 saturated heterocycles.